The quantitative estimate of drug-likeness (QED) is 0.890. The monoisotopic (exact) mass is 354 g/mol. The fourth-order valence-corrected chi connectivity index (χ4v) is 2.92. The molecule has 0 aliphatic carbocycles. The Labute approximate surface area is 146 Å². The van der Waals surface area contributed by atoms with Crippen LogP contribution in [-0.2, 0) is 0 Å². The van der Waals surface area contributed by atoms with Gasteiger partial charge in [0.15, 0.2) is 0 Å². The van der Waals surface area contributed by atoms with Crippen LogP contribution in [0.3, 0.4) is 0 Å². The molecule has 0 radical (unpaired) electrons. The second-order valence-electron chi connectivity index (χ2n) is 5.55. The van der Waals surface area contributed by atoms with Gasteiger partial charge >= 0.3 is 0 Å². The number of hydrogen-bond acceptors (Lipinski definition) is 3. The first-order valence-corrected chi connectivity index (χ1v) is 7.85. The maximum Gasteiger partial charge on any atom is 0.255 e. The Balaban J connectivity index is 0.00000192. The highest BCUT2D eigenvalue weighted by Crippen LogP contribution is 2.18. The summed E-state index contributed by atoms with van der Waals surface area (Å²) in [6.45, 7) is 3.74. The fraction of sp³-hybridized carbons (Fsp3) is 0.375. The molecule has 0 bridgehead atoms. The van der Waals surface area contributed by atoms with Gasteiger partial charge in [0, 0.05) is 17.6 Å². The van der Waals surface area contributed by atoms with Crippen molar-refractivity contribution in [1.82, 2.24) is 20.4 Å². The third-order valence-corrected chi connectivity index (χ3v) is 4.17. The number of hydrogen-bond donors (Lipinski definition) is 2. The van der Waals surface area contributed by atoms with E-state index in [0.29, 0.717) is 10.6 Å². The van der Waals surface area contributed by atoms with Gasteiger partial charge in [0.1, 0.15) is 0 Å². The number of halogens is 2. The average molecular weight is 355 g/mol. The van der Waals surface area contributed by atoms with Crippen molar-refractivity contribution in [2.45, 2.75) is 25.8 Å². The second-order valence-corrected chi connectivity index (χ2v) is 5.99. The van der Waals surface area contributed by atoms with Crippen molar-refractivity contribution in [3.05, 3.63) is 46.7 Å². The highest BCUT2D eigenvalue weighted by molar-refractivity contribution is 6.30. The number of nitrogens with one attached hydrogen (secondary N) is 2. The molecule has 1 aromatic carbocycles. The lowest BCUT2D eigenvalue weighted by Crippen LogP contribution is -2.45. The lowest BCUT2D eigenvalue weighted by molar-refractivity contribution is 0.0930. The summed E-state index contributed by atoms with van der Waals surface area (Å²) in [7, 11) is 0. The number of benzene rings is 1. The Morgan fingerprint density at radius 2 is 2.30 bits per heavy atom. The summed E-state index contributed by atoms with van der Waals surface area (Å²) < 4.78 is 1.74. The smallest absolute Gasteiger partial charge is 0.255 e. The first-order valence-electron chi connectivity index (χ1n) is 7.47. The van der Waals surface area contributed by atoms with Crippen LogP contribution in [0.5, 0.6) is 0 Å². The van der Waals surface area contributed by atoms with Gasteiger partial charge < -0.3 is 10.6 Å². The summed E-state index contributed by atoms with van der Waals surface area (Å²) in [6.07, 6.45) is 3.72. The van der Waals surface area contributed by atoms with E-state index >= 15 is 0 Å². The van der Waals surface area contributed by atoms with E-state index in [1.165, 1.54) is 0 Å². The number of aromatic nitrogens is 2. The molecule has 2 heterocycles. The van der Waals surface area contributed by atoms with Crippen molar-refractivity contribution in [3.8, 4) is 5.69 Å². The molecule has 1 aliphatic rings. The largest absolute Gasteiger partial charge is 0.348 e. The van der Waals surface area contributed by atoms with E-state index in [4.69, 9.17) is 11.6 Å². The van der Waals surface area contributed by atoms with Crippen LogP contribution in [0.1, 0.15) is 28.9 Å². The Morgan fingerprint density at radius 3 is 3.00 bits per heavy atom. The molecule has 2 aromatic rings. The molecule has 0 spiro atoms. The molecule has 7 heteroatoms. The molecule has 1 saturated heterocycles. The van der Waals surface area contributed by atoms with E-state index in [9.17, 15) is 4.79 Å². The minimum Gasteiger partial charge on any atom is -0.348 e. The van der Waals surface area contributed by atoms with Gasteiger partial charge in [-0.25, -0.2) is 4.68 Å². The highest BCUT2D eigenvalue weighted by atomic mass is 35.5. The fourth-order valence-electron chi connectivity index (χ4n) is 2.74. The maximum atomic E-state index is 12.4. The van der Waals surface area contributed by atoms with Crippen LogP contribution in [0, 0.1) is 6.92 Å². The first-order chi connectivity index (χ1) is 10.6. The van der Waals surface area contributed by atoms with Crippen molar-refractivity contribution in [2.75, 3.05) is 13.1 Å². The number of nitrogens with zero attached hydrogens (tertiary/aromatic N) is 2. The van der Waals surface area contributed by atoms with Crippen LogP contribution in [0.2, 0.25) is 5.02 Å². The van der Waals surface area contributed by atoms with E-state index in [-0.39, 0.29) is 24.4 Å². The van der Waals surface area contributed by atoms with Gasteiger partial charge in [0.25, 0.3) is 5.91 Å². The Hall–Kier alpha value is -1.56. The van der Waals surface area contributed by atoms with Crippen molar-refractivity contribution in [1.29, 1.82) is 0 Å². The molecule has 0 saturated carbocycles. The third kappa shape index (κ3) is 4.05. The SMILES string of the molecule is Cc1c(C(=O)N[C@H]2CCCNC2)cnn1-c1cccc(Cl)c1.Cl. The van der Waals surface area contributed by atoms with Crippen LogP contribution < -0.4 is 10.6 Å². The Bertz CT molecular complexity index is 680. The molecule has 1 atom stereocenters. The Kier molecular flexibility index (Phi) is 6.04. The molecule has 3 rings (SSSR count). The predicted molar refractivity (Wildman–Crippen MR) is 93.9 cm³/mol. The van der Waals surface area contributed by atoms with E-state index < -0.39 is 0 Å². The van der Waals surface area contributed by atoms with Gasteiger partial charge in [-0.3, -0.25) is 4.79 Å². The number of piperidine rings is 1. The van der Waals surface area contributed by atoms with Crippen LogP contribution in [0.15, 0.2) is 30.5 Å². The number of carbonyl (C=O) groups excluding carboxylic acids is 1. The van der Waals surface area contributed by atoms with E-state index in [2.05, 4.69) is 15.7 Å². The van der Waals surface area contributed by atoms with Crippen LogP contribution >= 0.6 is 24.0 Å². The minimum atomic E-state index is -0.0699. The summed E-state index contributed by atoms with van der Waals surface area (Å²) in [5, 5.41) is 11.3. The summed E-state index contributed by atoms with van der Waals surface area (Å²) >= 11 is 6.02. The summed E-state index contributed by atoms with van der Waals surface area (Å²) in [4.78, 5) is 12.4. The van der Waals surface area contributed by atoms with Crippen molar-refractivity contribution in [2.24, 2.45) is 0 Å². The van der Waals surface area contributed by atoms with Gasteiger partial charge in [-0.2, -0.15) is 5.10 Å². The number of amides is 1. The van der Waals surface area contributed by atoms with Gasteiger partial charge in [-0.15, -0.1) is 12.4 Å². The van der Waals surface area contributed by atoms with Crippen LogP contribution in [0.4, 0.5) is 0 Å². The average Bonchev–Trinajstić information content (AvgIpc) is 2.90. The third-order valence-electron chi connectivity index (χ3n) is 3.94. The zero-order chi connectivity index (χ0) is 15.5. The van der Waals surface area contributed by atoms with Crippen LogP contribution in [0.25, 0.3) is 5.69 Å². The summed E-state index contributed by atoms with van der Waals surface area (Å²) in [6, 6.07) is 7.61. The number of carbonyl (C=O) groups is 1. The molecule has 5 nitrogen and oxygen atoms in total. The molecule has 1 amide bonds. The maximum absolute atomic E-state index is 12.4. The van der Waals surface area contributed by atoms with Crippen molar-refractivity contribution < 1.29 is 4.79 Å². The minimum absolute atomic E-state index is 0. The predicted octanol–water partition coefficient (Wildman–Crippen LogP) is 2.74. The topological polar surface area (TPSA) is 59.0 Å². The lowest BCUT2D eigenvalue weighted by Gasteiger charge is -2.23. The molecule has 1 fully saturated rings. The molecule has 0 unspecified atom stereocenters. The summed E-state index contributed by atoms with van der Waals surface area (Å²) in [5.74, 6) is -0.0699. The molecule has 2 N–H and O–H groups in total. The van der Waals surface area contributed by atoms with Crippen molar-refractivity contribution >= 4 is 29.9 Å². The van der Waals surface area contributed by atoms with Crippen LogP contribution in [-0.4, -0.2) is 34.8 Å². The van der Waals surface area contributed by atoms with Gasteiger partial charge in [-0.05, 0) is 44.5 Å². The Morgan fingerprint density at radius 1 is 1.48 bits per heavy atom. The molecule has 1 aromatic heterocycles. The molecule has 1 aliphatic heterocycles. The molecular weight excluding hydrogens is 335 g/mol. The zero-order valence-corrected chi connectivity index (χ0v) is 14.5. The molecular formula is C16H20Cl2N4O. The summed E-state index contributed by atoms with van der Waals surface area (Å²) in [5.41, 5.74) is 2.26. The second kappa shape index (κ2) is 7.81. The van der Waals surface area contributed by atoms with E-state index in [1.807, 2.05) is 31.2 Å². The highest BCUT2D eigenvalue weighted by Gasteiger charge is 2.20. The number of rotatable bonds is 3. The standard InChI is InChI=1S/C16H19ClN4O.ClH/c1-11-15(16(22)20-13-5-3-7-18-9-13)10-19-21(11)14-6-2-4-12(17)8-14;/h2,4,6,8,10,13,18H,3,5,7,9H2,1H3,(H,20,22);1H/t13-;/m0./s1. The zero-order valence-electron chi connectivity index (χ0n) is 12.9. The van der Waals surface area contributed by atoms with Crippen molar-refractivity contribution in [3.63, 3.8) is 0 Å². The van der Waals surface area contributed by atoms with Gasteiger partial charge in [-0.1, -0.05) is 17.7 Å². The molecule has 23 heavy (non-hydrogen) atoms. The van der Waals surface area contributed by atoms with E-state index in [0.717, 1.165) is 37.3 Å². The van der Waals surface area contributed by atoms with Gasteiger partial charge in [0.05, 0.1) is 23.1 Å². The normalized spacial score (nSPS) is 17.4. The lowest BCUT2D eigenvalue weighted by atomic mass is 10.1. The first kappa shape index (κ1) is 17.8. The van der Waals surface area contributed by atoms with E-state index in [1.54, 1.807) is 10.9 Å². The van der Waals surface area contributed by atoms with Gasteiger partial charge in [0.2, 0.25) is 0 Å². The molecule has 124 valence electrons.